The summed E-state index contributed by atoms with van der Waals surface area (Å²) in [6.07, 6.45) is 5.52. The third-order valence-electron chi connectivity index (χ3n) is 2.73. The fraction of sp³-hybridized carbons (Fsp3) is 0.0714. The highest BCUT2D eigenvalue weighted by molar-refractivity contribution is 9.10. The number of nitrogens with one attached hydrogen (secondary N) is 1. The van der Waals surface area contributed by atoms with E-state index in [-0.39, 0.29) is 5.24 Å². The van der Waals surface area contributed by atoms with Gasteiger partial charge >= 0.3 is 0 Å². The normalized spacial score (nSPS) is 18.5. The van der Waals surface area contributed by atoms with E-state index in [9.17, 15) is 4.79 Å². The summed E-state index contributed by atoms with van der Waals surface area (Å²) < 4.78 is 2.66. The van der Waals surface area contributed by atoms with Gasteiger partial charge in [0.1, 0.15) is 5.84 Å². The van der Waals surface area contributed by atoms with Crippen LogP contribution in [-0.2, 0) is 7.05 Å². The Morgan fingerprint density at radius 3 is 3.05 bits per heavy atom. The number of halogens is 1. The van der Waals surface area contributed by atoms with E-state index >= 15 is 0 Å². The molecule has 0 spiro atoms. The second-order valence-electron chi connectivity index (χ2n) is 4.41. The predicted molar refractivity (Wildman–Crippen MR) is 88.5 cm³/mol. The molecule has 106 valence electrons. The highest BCUT2D eigenvalue weighted by Crippen LogP contribution is 2.29. The summed E-state index contributed by atoms with van der Waals surface area (Å²) in [5.41, 5.74) is 1.71. The number of thioether (sulfide) groups is 1. The van der Waals surface area contributed by atoms with Gasteiger partial charge in [0.05, 0.1) is 16.8 Å². The lowest BCUT2D eigenvalue weighted by atomic mass is 10.3. The van der Waals surface area contributed by atoms with Gasteiger partial charge in [-0.2, -0.15) is 5.10 Å². The van der Waals surface area contributed by atoms with Crippen molar-refractivity contribution in [2.45, 2.75) is 0 Å². The summed E-state index contributed by atoms with van der Waals surface area (Å²) in [7, 11) is 1.85. The van der Waals surface area contributed by atoms with Crippen LogP contribution in [0.15, 0.2) is 51.0 Å². The maximum Gasteiger partial charge on any atom is 0.289 e. The van der Waals surface area contributed by atoms with Gasteiger partial charge < -0.3 is 5.32 Å². The van der Waals surface area contributed by atoms with Gasteiger partial charge in [-0.15, -0.1) is 0 Å². The minimum Gasteiger partial charge on any atom is -0.300 e. The fourth-order valence-electron chi connectivity index (χ4n) is 1.85. The highest BCUT2D eigenvalue weighted by atomic mass is 79.9. The molecule has 0 bridgehead atoms. The number of aliphatic imine (C=N–C) groups is 1. The van der Waals surface area contributed by atoms with Crippen molar-refractivity contribution in [3.8, 4) is 0 Å². The lowest BCUT2D eigenvalue weighted by molar-refractivity contribution is 0.265. The maximum absolute atomic E-state index is 11.6. The average molecular weight is 363 g/mol. The van der Waals surface area contributed by atoms with Crippen LogP contribution in [0, 0.1) is 0 Å². The molecule has 3 rings (SSSR count). The average Bonchev–Trinajstić information content (AvgIpc) is 2.97. The van der Waals surface area contributed by atoms with Crippen molar-refractivity contribution < 1.29 is 4.79 Å². The van der Waals surface area contributed by atoms with Crippen molar-refractivity contribution in [1.82, 2.24) is 15.1 Å². The number of hydrogen-bond donors (Lipinski definition) is 1. The zero-order valence-corrected chi connectivity index (χ0v) is 13.5. The number of carbonyl (C=O) groups excluding carboxylic acids is 1. The van der Waals surface area contributed by atoms with Gasteiger partial charge in [0.2, 0.25) is 0 Å². The van der Waals surface area contributed by atoms with Gasteiger partial charge in [0.25, 0.3) is 5.24 Å². The SMILES string of the molecule is Cn1cc(/C=C2/SC(=O)NC2=Nc2cccc(Br)c2)cn1. The summed E-state index contributed by atoms with van der Waals surface area (Å²) in [4.78, 5) is 16.9. The van der Waals surface area contributed by atoms with Gasteiger partial charge in [-0.05, 0) is 36.0 Å². The van der Waals surface area contributed by atoms with Crippen LogP contribution in [0.2, 0.25) is 0 Å². The number of rotatable bonds is 2. The Labute approximate surface area is 134 Å². The zero-order valence-electron chi connectivity index (χ0n) is 11.1. The molecule has 1 amide bonds. The zero-order chi connectivity index (χ0) is 14.8. The second kappa shape index (κ2) is 5.87. The summed E-state index contributed by atoms with van der Waals surface area (Å²) in [6, 6.07) is 7.61. The molecule has 1 fully saturated rings. The lowest BCUT2D eigenvalue weighted by Crippen LogP contribution is -2.18. The van der Waals surface area contributed by atoms with E-state index in [0.717, 1.165) is 32.4 Å². The maximum atomic E-state index is 11.6. The first-order valence-electron chi connectivity index (χ1n) is 6.14. The molecule has 7 heteroatoms. The number of hydrogen-bond acceptors (Lipinski definition) is 4. The Balaban J connectivity index is 1.96. The van der Waals surface area contributed by atoms with Crippen LogP contribution in [0.4, 0.5) is 10.5 Å². The first kappa shape index (κ1) is 14.1. The Morgan fingerprint density at radius 1 is 1.48 bits per heavy atom. The van der Waals surface area contributed by atoms with Crippen molar-refractivity contribution in [2.24, 2.45) is 12.0 Å². The molecule has 0 saturated carbocycles. The van der Waals surface area contributed by atoms with E-state index in [1.807, 2.05) is 43.6 Å². The van der Waals surface area contributed by atoms with E-state index in [1.54, 1.807) is 10.9 Å². The fourth-order valence-corrected chi connectivity index (χ4v) is 2.98. The molecule has 21 heavy (non-hydrogen) atoms. The number of aryl methyl sites for hydroxylation is 1. The van der Waals surface area contributed by atoms with E-state index in [4.69, 9.17) is 0 Å². The van der Waals surface area contributed by atoms with Crippen LogP contribution >= 0.6 is 27.7 Å². The number of amidine groups is 1. The van der Waals surface area contributed by atoms with Crippen LogP contribution in [0.1, 0.15) is 5.56 Å². The van der Waals surface area contributed by atoms with Crippen molar-refractivity contribution >= 4 is 50.5 Å². The van der Waals surface area contributed by atoms with E-state index < -0.39 is 0 Å². The van der Waals surface area contributed by atoms with E-state index in [1.165, 1.54) is 0 Å². The molecule has 0 unspecified atom stereocenters. The molecule has 0 aliphatic carbocycles. The number of benzene rings is 1. The third-order valence-corrected chi connectivity index (χ3v) is 4.04. The minimum atomic E-state index is -0.126. The topological polar surface area (TPSA) is 59.3 Å². The smallest absolute Gasteiger partial charge is 0.289 e. The van der Waals surface area contributed by atoms with Crippen LogP contribution in [0.3, 0.4) is 0 Å². The number of carbonyl (C=O) groups is 1. The van der Waals surface area contributed by atoms with Gasteiger partial charge in [-0.1, -0.05) is 22.0 Å². The molecular formula is C14H11BrN4OS. The largest absolute Gasteiger partial charge is 0.300 e. The van der Waals surface area contributed by atoms with Crippen LogP contribution in [-0.4, -0.2) is 20.9 Å². The van der Waals surface area contributed by atoms with Crippen molar-refractivity contribution in [3.63, 3.8) is 0 Å². The van der Waals surface area contributed by atoms with Crippen molar-refractivity contribution in [1.29, 1.82) is 0 Å². The number of amides is 1. The minimum absolute atomic E-state index is 0.126. The molecule has 1 N–H and O–H groups in total. The molecule has 1 saturated heterocycles. The standard InChI is InChI=1S/C14H11BrN4OS/c1-19-8-9(7-16-19)5-12-13(18-14(20)21-12)17-11-4-2-3-10(15)6-11/h2-8H,1H3,(H,17,18,20)/b12-5+. The Bertz CT molecular complexity index is 766. The summed E-state index contributed by atoms with van der Waals surface area (Å²) in [5, 5.41) is 6.75. The van der Waals surface area contributed by atoms with Gasteiger partial charge in [-0.3, -0.25) is 9.48 Å². The second-order valence-corrected chi connectivity index (χ2v) is 6.34. The summed E-state index contributed by atoms with van der Waals surface area (Å²) in [6.45, 7) is 0. The van der Waals surface area contributed by atoms with Gasteiger partial charge in [0.15, 0.2) is 0 Å². The molecule has 1 aliphatic rings. The van der Waals surface area contributed by atoms with Crippen molar-refractivity contribution in [3.05, 3.63) is 51.6 Å². The quantitative estimate of drug-likeness (QED) is 0.885. The Kier molecular flexibility index (Phi) is 3.94. The molecule has 5 nitrogen and oxygen atoms in total. The van der Waals surface area contributed by atoms with Crippen LogP contribution < -0.4 is 5.32 Å². The molecule has 2 aromatic rings. The monoisotopic (exact) mass is 362 g/mol. The molecule has 1 aliphatic heterocycles. The van der Waals surface area contributed by atoms with Crippen LogP contribution in [0.25, 0.3) is 6.08 Å². The predicted octanol–water partition coefficient (Wildman–Crippen LogP) is 3.71. The molecule has 0 radical (unpaired) electrons. The lowest BCUT2D eigenvalue weighted by Gasteiger charge is -1.99. The Morgan fingerprint density at radius 2 is 2.33 bits per heavy atom. The molecule has 0 atom stereocenters. The molecule has 1 aromatic heterocycles. The van der Waals surface area contributed by atoms with Crippen LogP contribution in [0.5, 0.6) is 0 Å². The van der Waals surface area contributed by atoms with E-state index in [0.29, 0.717) is 5.84 Å². The first-order valence-corrected chi connectivity index (χ1v) is 7.75. The molecule has 1 aromatic carbocycles. The first-order chi connectivity index (χ1) is 10.1. The van der Waals surface area contributed by atoms with Gasteiger partial charge in [-0.25, -0.2) is 4.99 Å². The number of aromatic nitrogens is 2. The number of nitrogens with zero attached hydrogens (tertiary/aromatic N) is 3. The summed E-state index contributed by atoms with van der Waals surface area (Å²) in [5.74, 6) is 0.562. The molecular weight excluding hydrogens is 352 g/mol. The summed E-state index contributed by atoms with van der Waals surface area (Å²) >= 11 is 4.54. The van der Waals surface area contributed by atoms with Crippen molar-refractivity contribution in [2.75, 3.05) is 0 Å². The van der Waals surface area contributed by atoms with E-state index in [2.05, 4.69) is 31.3 Å². The highest BCUT2D eigenvalue weighted by Gasteiger charge is 2.23. The third kappa shape index (κ3) is 3.43. The molecule has 2 heterocycles. The Hall–Kier alpha value is -1.86. The van der Waals surface area contributed by atoms with Gasteiger partial charge in [0, 0.05) is 23.3 Å².